The number of nitrogens with zero attached hydrogens (tertiary/aromatic N) is 1. The van der Waals surface area contributed by atoms with Crippen molar-refractivity contribution in [3.8, 4) is 11.6 Å². The number of hydrogen-bond acceptors (Lipinski definition) is 3. The minimum atomic E-state index is 0.589. The van der Waals surface area contributed by atoms with E-state index in [1.165, 1.54) is 0 Å². The van der Waals surface area contributed by atoms with Gasteiger partial charge < -0.3 is 10.1 Å². The van der Waals surface area contributed by atoms with E-state index in [-0.39, 0.29) is 0 Å². The van der Waals surface area contributed by atoms with Gasteiger partial charge in [0.2, 0.25) is 5.88 Å². The summed E-state index contributed by atoms with van der Waals surface area (Å²) in [5, 5.41) is 3.68. The molecule has 4 heteroatoms. The molecule has 1 aromatic carbocycles. The lowest BCUT2D eigenvalue weighted by Crippen LogP contribution is -2.06. The van der Waals surface area contributed by atoms with Crippen LogP contribution in [0.4, 0.5) is 0 Å². The molecule has 0 saturated heterocycles. The van der Waals surface area contributed by atoms with Crippen LogP contribution in [0, 0.1) is 13.8 Å². The Balaban J connectivity index is 2.25. The number of rotatable bonds is 4. The summed E-state index contributed by atoms with van der Waals surface area (Å²) in [5.74, 6) is 1.23. The third-order valence-electron chi connectivity index (χ3n) is 2.76. The van der Waals surface area contributed by atoms with E-state index in [0.29, 0.717) is 16.7 Å². The molecule has 1 N–H and O–H groups in total. The van der Waals surface area contributed by atoms with Gasteiger partial charge in [-0.15, -0.1) is 0 Å². The summed E-state index contributed by atoms with van der Waals surface area (Å²) in [6.07, 6.45) is 1.81. The van der Waals surface area contributed by atoms with Gasteiger partial charge in [0.05, 0.1) is 5.02 Å². The lowest BCUT2D eigenvalue weighted by molar-refractivity contribution is 0.458. The maximum atomic E-state index is 6.12. The van der Waals surface area contributed by atoms with Gasteiger partial charge in [-0.25, -0.2) is 4.98 Å². The van der Waals surface area contributed by atoms with Crippen molar-refractivity contribution in [1.82, 2.24) is 10.3 Å². The maximum Gasteiger partial charge on any atom is 0.222 e. The van der Waals surface area contributed by atoms with Gasteiger partial charge in [0.15, 0.2) is 0 Å². The molecular weight excluding hydrogens is 260 g/mol. The monoisotopic (exact) mass is 276 g/mol. The van der Waals surface area contributed by atoms with Crippen LogP contribution in [0.5, 0.6) is 11.6 Å². The average molecular weight is 277 g/mol. The van der Waals surface area contributed by atoms with Gasteiger partial charge in [-0.1, -0.05) is 17.7 Å². The minimum absolute atomic E-state index is 0.589. The molecule has 0 unspecified atom stereocenters. The molecule has 19 heavy (non-hydrogen) atoms. The quantitative estimate of drug-likeness (QED) is 0.921. The molecule has 0 fully saturated rings. The van der Waals surface area contributed by atoms with Gasteiger partial charge >= 0.3 is 0 Å². The van der Waals surface area contributed by atoms with Crippen molar-refractivity contribution in [2.45, 2.75) is 20.4 Å². The molecule has 0 atom stereocenters. The Morgan fingerprint density at radius 1 is 1.26 bits per heavy atom. The topological polar surface area (TPSA) is 34.2 Å². The average Bonchev–Trinajstić information content (AvgIpc) is 2.37. The van der Waals surface area contributed by atoms with Gasteiger partial charge in [-0.3, -0.25) is 0 Å². The first-order chi connectivity index (χ1) is 9.10. The van der Waals surface area contributed by atoms with Crippen molar-refractivity contribution in [3.05, 3.63) is 52.2 Å². The molecule has 0 aliphatic rings. The molecule has 0 aliphatic heterocycles. The minimum Gasteiger partial charge on any atom is -0.437 e. The Morgan fingerprint density at radius 3 is 2.74 bits per heavy atom. The number of hydrogen-bond donors (Lipinski definition) is 1. The highest BCUT2D eigenvalue weighted by Gasteiger charge is 2.07. The number of pyridine rings is 1. The molecule has 2 rings (SSSR count). The van der Waals surface area contributed by atoms with Crippen LogP contribution < -0.4 is 10.1 Å². The number of halogens is 1. The lowest BCUT2D eigenvalue weighted by atomic mass is 10.2. The largest absolute Gasteiger partial charge is 0.437 e. The summed E-state index contributed by atoms with van der Waals surface area (Å²) >= 11 is 6.12. The third-order valence-corrected chi connectivity index (χ3v) is 3.07. The molecule has 0 radical (unpaired) electrons. The molecule has 0 spiro atoms. The van der Waals surface area contributed by atoms with E-state index in [0.717, 1.165) is 23.2 Å². The maximum absolute atomic E-state index is 6.12. The first-order valence-corrected chi connectivity index (χ1v) is 6.52. The fourth-order valence-corrected chi connectivity index (χ4v) is 1.98. The zero-order chi connectivity index (χ0) is 13.8. The normalized spacial score (nSPS) is 10.5. The Bertz CT molecular complexity index is 584. The van der Waals surface area contributed by atoms with Crippen LogP contribution in [-0.2, 0) is 6.54 Å². The summed E-state index contributed by atoms with van der Waals surface area (Å²) in [7, 11) is 1.91. The van der Waals surface area contributed by atoms with Gasteiger partial charge in [-0.05, 0) is 50.2 Å². The van der Waals surface area contributed by atoms with E-state index >= 15 is 0 Å². The van der Waals surface area contributed by atoms with Crippen molar-refractivity contribution in [2.75, 3.05) is 7.05 Å². The van der Waals surface area contributed by atoms with Crippen LogP contribution in [0.3, 0.4) is 0 Å². The molecule has 0 bridgehead atoms. The van der Waals surface area contributed by atoms with Crippen LogP contribution in [-0.4, -0.2) is 12.0 Å². The predicted octanol–water partition coefficient (Wildman–Crippen LogP) is 3.86. The van der Waals surface area contributed by atoms with E-state index in [1.807, 2.05) is 45.3 Å². The van der Waals surface area contributed by atoms with Crippen LogP contribution in [0.15, 0.2) is 30.5 Å². The van der Waals surface area contributed by atoms with Crippen molar-refractivity contribution < 1.29 is 4.74 Å². The summed E-state index contributed by atoms with van der Waals surface area (Å²) in [5.41, 5.74) is 3.22. The number of aromatic nitrogens is 1. The second-order valence-corrected chi connectivity index (χ2v) is 4.94. The standard InChI is InChI=1S/C15H17ClN2O/c1-10-4-5-13(16)14(6-10)19-15-11(2)7-12(8-17-3)9-18-15/h4-7,9,17H,8H2,1-3H3. The van der Waals surface area contributed by atoms with Crippen LogP contribution in [0.1, 0.15) is 16.7 Å². The molecular formula is C15H17ClN2O. The SMILES string of the molecule is CNCc1cnc(Oc2cc(C)ccc2Cl)c(C)c1. The second-order valence-electron chi connectivity index (χ2n) is 4.53. The molecule has 2 aromatic rings. The highest BCUT2D eigenvalue weighted by atomic mass is 35.5. The lowest BCUT2D eigenvalue weighted by Gasteiger charge is -2.11. The highest BCUT2D eigenvalue weighted by molar-refractivity contribution is 6.32. The summed E-state index contributed by atoms with van der Waals surface area (Å²) in [6, 6.07) is 7.75. The van der Waals surface area contributed by atoms with Crippen molar-refractivity contribution in [1.29, 1.82) is 0 Å². The second kappa shape index (κ2) is 6.04. The van der Waals surface area contributed by atoms with Crippen molar-refractivity contribution >= 4 is 11.6 Å². The molecule has 3 nitrogen and oxygen atoms in total. The summed E-state index contributed by atoms with van der Waals surface area (Å²) < 4.78 is 5.79. The van der Waals surface area contributed by atoms with Gasteiger partial charge in [-0.2, -0.15) is 0 Å². The number of ether oxygens (including phenoxy) is 1. The van der Waals surface area contributed by atoms with Gasteiger partial charge in [0.25, 0.3) is 0 Å². The van der Waals surface area contributed by atoms with E-state index in [9.17, 15) is 0 Å². The van der Waals surface area contributed by atoms with E-state index < -0.39 is 0 Å². The van der Waals surface area contributed by atoms with Gasteiger partial charge in [0, 0.05) is 18.3 Å². The van der Waals surface area contributed by atoms with Crippen LogP contribution in [0.25, 0.3) is 0 Å². The number of aryl methyl sites for hydroxylation is 2. The Labute approximate surface area is 118 Å². The Morgan fingerprint density at radius 2 is 2.05 bits per heavy atom. The fourth-order valence-electron chi connectivity index (χ4n) is 1.82. The van der Waals surface area contributed by atoms with E-state index in [1.54, 1.807) is 0 Å². The number of nitrogens with one attached hydrogen (secondary N) is 1. The molecule has 0 saturated carbocycles. The predicted molar refractivity (Wildman–Crippen MR) is 78.0 cm³/mol. The fraction of sp³-hybridized carbons (Fsp3) is 0.267. The smallest absolute Gasteiger partial charge is 0.222 e. The molecule has 1 aromatic heterocycles. The van der Waals surface area contributed by atoms with Gasteiger partial charge in [0.1, 0.15) is 5.75 Å². The Kier molecular flexibility index (Phi) is 4.40. The van der Waals surface area contributed by atoms with Crippen LogP contribution in [0.2, 0.25) is 5.02 Å². The zero-order valence-electron chi connectivity index (χ0n) is 11.3. The summed E-state index contributed by atoms with van der Waals surface area (Å²) in [4.78, 5) is 4.34. The summed E-state index contributed by atoms with van der Waals surface area (Å²) in [6.45, 7) is 4.77. The molecule has 1 heterocycles. The van der Waals surface area contributed by atoms with Crippen molar-refractivity contribution in [3.63, 3.8) is 0 Å². The molecule has 0 amide bonds. The molecule has 0 aliphatic carbocycles. The third kappa shape index (κ3) is 3.46. The zero-order valence-corrected chi connectivity index (χ0v) is 12.1. The van der Waals surface area contributed by atoms with Crippen molar-refractivity contribution in [2.24, 2.45) is 0 Å². The molecule has 100 valence electrons. The number of benzene rings is 1. The van der Waals surface area contributed by atoms with E-state index in [4.69, 9.17) is 16.3 Å². The first-order valence-electron chi connectivity index (χ1n) is 6.14. The van der Waals surface area contributed by atoms with E-state index in [2.05, 4.69) is 16.4 Å². The Hall–Kier alpha value is -1.58. The highest BCUT2D eigenvalue weighted by Crippen LogP contribution is 2.30. The van der Waals surface area contributed by atoms with Crippen LogP contribution >= 0.6 is 11.6 Å². The first kappa shape index (κ1) is 13.8.